The zero-order valence-corrected chi connectivity index (χ0v) is 11.5. The van der Waals surface area contributed by atoms with Gasteiger partial charge in [-0.2, -0.15) is 0 Å². The van der Waals surface area contributed by atoms with Crippen molar-refractivity contribution in [1.82, 2.24) is 4.72 Å². The molecule has 1 aliphatic carbocycles. The summed E-state index contributed by atoms with van der Waals surface area (Å²) in [6.07, 6.45) is 2.36. The van der Waals surface area contributed by atoms with Crippen molar-refractivity contribution in [3.63, 3.8) is 0 Å². The quantitative estimate of drug-likeness (QED) is 0.870. The van der Waals surface area contributed by atoms with E-state index in [0.29, 0.717) is 12.8 Å². The van der Waals surface area contributed by atoms with Crippen molar-refractivity contribution < 1.29 is 13.5 Å². The number of aryl methyl sites for hydroxylation is 2. The smallest absolute Gasteiger partial charge is 0.241 e. The van der Waals surface area contributed by atoms with Gasteiger partial charge in [-0.15, -0.1) is 0 Å². The van der Waals surface area contributed by atoms with Gasteiger partial charge in [0.05, 0.1) is 17.0 Å². The van der Waals surface area contributed by atoms with Crippen LogP contribution in [0.2, 0.25) is 0 Å². The molecule has 0 bridgehead atoms. The minimum Gasteiger partial charge on any atom is -0.394 e. The molecule has 0 heterocycles. The first kappa shape index (κ1) is 13.5. The van der Waals surface area contributed by atoms with Gasteiger partial charge in [-0.25, -0.2) is 13.1 Å². The molecule has 2 N–H and O–H groups in total. The van der Waals surface area contributed by atoms with E-state index >= 15 is 0 Å². The lowest BCUT2D eigenvalue weighted by Crippen LogP contribution is -2.55. The van der Waals surface area contributed by atoms with Gasteiger partial charge in [0, 0.05) is 0 Å². The maximum Gasteiger partial charge on any atom is 0.241 e. The maximum absolute atomic E-state index is 12.2. The van der Waals surface area contributed by atoms with Crippen LogP contribution in [0.3, 0.4) is 0 Å². The molecule has 0 aliphatic heterocycles. The molecule has 2 rings (SSSR count). The summed E-state index contributed by atoms with van der Waals surface area (Å²) in [5.41, 5.74) is 1.37. The number of benzene rings is 1. The van der Waals surface area contributed by atoms with Crippen LogP contribution in [0.4, 0.5) is 0 Å². The number of nitrogens with one attached hydrogen (secondary N) is 1. The van der Waals surface area contributed by atoms with Gasteiger partial charge in [0.25, 0.3) is 0 Å². The fourth-order valence-electron chi connectivity index (χ4n) is 2.12. The standard InChI is InChI=1S/C13H19NO3S/c1-10-4-5-12(8-11(10)2)18(16,17)14-13(9-15)6-3-7-13/h4-5,8,14-15H,3,6-7,9H2,1-2H3. The summed E-state index contributed by atoms with van der Waals surface area (Å²) in [5, 5.41) is 9.32. The summed E-state index contributed by atoms with van der Waals surface area (Å²) in [6, 6.07) is 5.08. The lowest BCUT2D eigenvalue weighted by Gasteiger charge is -2.40. The minimum atomic E-state index is -3.54. The van der Waals surface area contributed by atoms with Crippen molar-refractivity contribution in [2.24, 2.45) is 0 Å². The predicted molar refractivity (Wildman–Crippen MR) is 69.9 cm³/mol. The molecule has 1 aliphatic rings. The predicted octanol–water partition coefficient (Wildman–Crippen LogP) is 1.50. The van der Waals surface area contributed by atoms with Crippen LogP contribution >= 0.6 is 0 Å². The van der Waals surface area contributed by atoms with Gasteiger partial charge >= 0.3 is 0 Å². The third-order valence-corrected chi connectivity index (χ3v) is 5.33. The van der Waals surface area contributed by atoms with Crippen molar-refractivity contribution in [3.8, 4) is 0 Å². The van der Waals surface area contributed by atoms with Crippen LogP contribution in [-0.4, -0.2) is 25.7 Å². The Labute approximate surface area is 108 Å². The Morgan fingerprint density at radius 2 is 1.94 bits per heavy atom. The zero-order chi connectivity index (χ0) is 13.4. The molecule has 18 heavy (non-hydrogen) atoms. The molecule has 0 spiro atoms. The van der Waals surface area contributed by atoms with E-state index in [0.717, 1.165) is 17.5 Å². The first-order valence-corrected chi connectivity index (χ1v) is 7.59. The molecule has 1 aromatic carbocycles. The lowest BCUT2D eigenvalue weighted by molar-refractivity contribution is 0.110. The number of sulfonamides is 1. The molecular formula is C13H19NO3S. The maximum atomic E-state index is 12.2. The Balaban J connectivity index is 2.28. The zero-order valence-electron chi connectivity index (χ0n) is 10.7. The van der Waals surface area contributed by atoms with Crippen molar-refractivity contribution in [2.45, 2.75) is 43.5 Å². The van der Waals surface area contributed by atoms with E-state index in [1.165, 1.54) is 0 Å². The SMILES string of the molecule is Cc1ccc(S(=O)(=O)NC2(CO)CCC2)cc1C. The Hall–Kier alpha value is -0.910. The monoisotopic (exact) mass is 269 g/mol. The molecule has 0 aromatic heterocycles. The lowest BCUT2D eigenvalue weighted by atomic mass is 9.78. The number of hydrogen-bond acceptors (Lipinski definition) is 3. The second kappa shape index (κ2) is 4.64. The normalized spacial score (nSPS) is 18.4. The highest BCUT2D eigenvalue weighted by molar-refractivity contribution is 7.89. The van der Waals surface area contributed by atoms with Gasteiger partial charge in [-0.05, 0) is 56.4 Å². The highest BCUT2D eigenvalue weighted by Gasteiger charge is 2.40. The molecule has 0 amide bonds. The fraction of sp³-hybridized carbons (Fsp3) is 0.538. The molecule has 4 nitrogen and oxygen atoms in total. The summed E-state index contributed by atoms with van der Waals surface area (Å²) in [6.45, 7) is 3.69. The van der Waals surface area contributed by atoms with Crippen LogP contribution in [0.5, 0.6) is 0 Å². The molecule has 1 saturated carbocycles. The second-order valence-corrected chi connectivity index (χ2v) is 6.83. The molecule has 0 unspecified atom stereocenters. The molecule has 1 fully saturated rings. The van der Waals surface area contributed by atoms with Gasteiger partial charge in [0.1, 0.15) is 0 Å². The van der Waals surface area contributed by atoms with Gasteiger partial charge in [-0.3, -0.25) is 0 Å². The van der Waals surface area contributed by atoms with Crippen LogP contribution in [0.15, 0.2) is 23.1 Å². The van der Waals surface area contributed by atoms with E-state index in [4.69, 9.17) is 0 Å². The number of aliphatic hydroxyl groups is 1. The first-order valence-electron chi connectivity index (χ1n) is 6.11. The largest absolute Gasteiger partial charge is 0.394 e. The van der Waals surface area contributed by atoms with E-state index in [1.807, 2.05) is 13.8 Å². The average molecular weight is 269 g/mol. The van der Waals surface area contributed by atoms with E-state index in [-0.39, 0.29) is 11.5 Å². The van der Waals surface area contributed by atoms with Gasteiger partial charge in [0.2, 0.25) is 10.0 Å². The van der Waals surface area contributed by atoms with Gasteiger partial charge < -0.3 is 5.11 Å². The highest BCUT2D eigenvalue weighted by Crippen LogP contribution is 2.33. The molecule has 0 saturated heterocycles. The molecule has 100 valence electrons. The van der Waals surface area contributed by atoms with E-state index in [1.54, 1.807) is 18.2 Å². The number of rotatable bonds is 4. The summed E-state index contributed by atoms with van der Waals surface area (Å²) in [4.78, 5) is 0.269. The first-order chi connectivity index (χ1) is 8.38. The van der Waals surface area contributed by atoms with Crippen LogP contribution in [-0.2, 0) is 10.0 Å². The molecule has 5 heteroatoms. The van der Waals surface area contributed by atoms with Crippen LogP contribution in [0.1, 0.15) is 30.4 Å². The molecular weight excluding hydrogens is 250 g/mol. The van der Waals surface area contributed by atoms with Crippen molar-refractivity contribution in [1.29, 1.82) is 0 Å². The Kier molecular flexibility index (Phi) is 3.49. The summed E-state index contributed by atoms with van der Waals surface area (Å²) in [7, 11) is -3.54. The van der Waals surface area contributed by atoms with Crippen LogP contribution in [0, 0.1) is 13.8 Å². The summed E-state index contributed by atoms with van der Waals surface area (Å²) >= 11 is 0. The second-order valence-electron chi connectivity index (χ2n) is 5.14. The Bertz CT molecular complexity index is 542. The topological polar surface area (TPSA) is 66.4 Å². The number of hydrogen-bond donors (Lipinski definition) is 2. The molecule has 0 radical (unpaired) electrons. The van der Waals surface area contributed by atoms with Crippen molar-refractivity contribution in [2.75, 3.05) is 6.61 Å². The fourth-order valence-corrected chi connectivity index (χ4v) is 3.66. The molecule has 1 aromatic rings. The third-order valence-electron chi connectivity index (χ3n) is 3.75. The van der Waals surface area contributed by atoms with Crippen LogP contribution < -0.4 is 4.72 Å². The minimum absolute atomic E-state index is 0.142. The number of aliphatic hydroxyl groups excluding tert-OH is 1. The van der Waals surface area contributed by atoms with Gasteiger partial charge in [0.15, 0.2) is 0 Å². The van der Waals surface area contributed by atoms with E-state index in [9.17, 15) is 13.5 Å². The summed E-state index contributed by atoms with van der Waals surface area (Å²) < 4.78 is 27.1. The van der Waals surface area contributed by atoms with Crippen molar-refractivity contribution in [3.05, 3.63) is 29.3 Å². The van der Waals surface area contributed by atoms with Crippen LogP contribution in [0.25, 0.3) is 0 Å². The highest BCUT2D eigenvalue weighted by atomic mass is 32.2. The molecule has 0 atom stereocenters. The van der Waals surface area contributed by atoms with Crippen molar-refractivity contribution >= 4 is 10.0 Å². The van der Waals surface area contributed by atoms with E-state index in [2.05, 4.69) is 4.72 Å². The van der Waals surface area contributed by atoms with Gasteiger partial charge in [-0.1, -0.05) is 6.07 Å². The third kappa shape index (κ3) is 2.43. The summed E-state index contributed by atoms with van der Waals surface area (Å²) in [5.74, 6) is 0. The average Bonchev–Trinajstić information content (AvgIpc) is 2.27. The Morgan fingerprint density at radius 1 is 1.28 bits per heavy atom. The Morgan fingerprint density at radius 3 is 2.39 bits per heavy atom. The van der Waals surface area contributed by atoms with E-state index < -0.39 is 15.6 Å².